The fourth-order valence-corrected chi connectivity index (χ4v) is 3.45. The van der Waals surface area contributed by atoms with Crippen molar-refractivity contribution < 1.29 is 23.8 Å². The van der Waals surface area contributed by atoms with Crippen molar-refractivity contribution in [3.8, 4) is 0 Å². The van der Waals surface area contributed by atoms with Gasteiger partial charge in [-0.1, -0.05) is 12.8 Å². The Morgan fingerprint density at radius 1 is 1.16 bits per heavy atom. The van der Waals surface area contributed by atoms with Gasteiger partial charge in [0.25, 0.3) is 0 Å². The lowest BCUT2D eigenvalue weighted by molar-refractivity contribution is -0.167. The second-order valence-corrected chi connectivity index (χ2v) is 5.52. The molecule has 0 aromatic heterocycles. The van der Waals surface area contributed by atoms with Gasteiger partial charge in [0.2, 0.25) is 0 Å². The normalized spacial score (nSPS) is 25.5. The summed E-state index contributed by atoms with van der Waals surface area (Å²) < 4.78 is 15.4. The zero-order valence-corrected chi connectivity index (χ0v) is 11.6. The molecule has 5 nitrogen and oxygen atoms in total. The van der Waals surface area contributed by atoms with Crippen molar-refractivity contribution in [2.24, 2.45) is 11.8 Å². The van der Waals surface area contributed by atoms with Gasteiger partial charge < -0.3 is 14.2 Å². The van der Waals surface area contributed by atoms with Gasteiger partial charge in [0.15, 0.2) is 5.92 Å². The van der Waals surface area contributed by atoms with Crippen molar-refractivity contribution in [3.63, 3.8) is 0 Å². The number of rotatable bonds is 3. The lowest BCUT2D eigenvalue weighted by atomic mass is 9.77. The number of hydrogen-bond acceptors (Lipinski definition) is 5. The number of esters is 2. The third-order valence-electron chi connectivity index (χ3n) is 4.43. The van der Waals surface area contributed by atoms with Crippen LogP contribution in [0.3, 0.4) is 0 Å². The summed E-state index contributed by atoms with van der Waals surface area (Å²) >= 11 is 0. The third kappa shape index (κ3) is 2.91. The first-order valence-corrected chi connectivity index (χ1v) is 6.91. The predicted molar refractivity (Wildman–Crippen MR) is 67.4 cm³/mol. The molecule has 1 heterocycles. The molecule has 0 amide bonds. The summed E-state index contributed by atoms with van der Waals surface area (Å²) in [7, 11) is 2.62. The molecule has 1 saturated heterocycles. The van der Waals surface area contributed by atoms with Crippen LogP contribution in [0.2, 0.25) is 0 Å². The SMILES string of the molecule is COC(=O)C(C(=O)OC)C1CCOC2(CCCC2)C1. The van der Waals surface area contributed by atoms with E-state index in [9.17, 15) is 9.59 Å². The number of carbonyl (C=O) groups is 2. The van der Waals surface area contributed by atoms with Crippen LogP contribution in [0.25, 0.3) is 0 Å². The Morgan fingerprint density at radius 3 is 2.26 bits per heavy atom. The molecular weight excluding hydrogens is 248 g/mol. The highest BCUT2D eigenvalue weighted by atomic mass is 16.5. The number of carbonyl (C=O) groups excluding carboxylic acids is 2. The van der Waals surface area contributed by atoms with Gasteiger partial charge in [-0.15, -0.1) is 0 Å². The summed E-state index contributed by atoms with van der Waals surface area (Å²) in [5, 5.41) is 0. The molecule has 0 radical (unpaired) electrons. The van der Waals surface area contributed by atoms with E-state index in [0.717, 1.165) is 32.1 Å². The van der Waals surface area contributed by atoms with Gasteiger partial charge >= 0.3 is 11.9 Å². The highest BCUT2D eigenvalue weighted by molar-refractivity contribution is 5.95. The fourth-order valence-electron chi connectivity index (χ4n) is 3.45. The summed E-state index contributed by atoms with van der Waals surface area (Å²) in [6.45, 7) is 0.606. The molecule has 1 spiro atoms. The Hall–Kier alpha value is -1.10. The standard InChI is InChI=1S/C14H22O5/c1-17-12(15)11(13(16)18-2)10-5-8-19-14(9-10)6-3-4-7-14/h10-11H,3-9H2,1-2H3. The van der Waals surface area contributed by atoms with Gasteiger partial charge in [0.1, 0.15) is 0 Å². The van der Waals surface area contributed by atoms with E-state index in [-0.39, 0.29) is 11.5 Å². The van der Waals surface area contributed by atoms with E-state index >= 15 is 0 Å². The average molecular weight is 270 g/mol. The molecule has 1 aliphatic carbocycles. The molecule has 1 atom stereocenters. The minimum Gasteiger partial charge on any atom is -0.468 e. The topological polar surface area (TPSA) is 61.8 Å². The molecule has 2 fully saturated rings. The van der Waals surface area contributed by atoms with Gasteiger partial charge in [0, 0.05) is 6.61 Å². The fraction of sp³-hybridized carbons (Fsp3) is 0.857. The molecule has 108 valence electrons. The molecular formula is C14H22O5. The summed E-state index contributed by atoms with van der Waals surface area (Å²) in [5.41, 5.74) is -0.122. The maximum absolute atomic E-state index is 11.9. The molecule has 2 rings (SSSR count). The maximum Gasteiger partial charge on any atom is 0.320 e. The van der Waals surface area contributed by atoms with Crippen molar-refractivity contribution in [1.29, 1.82) is 0 Å². The van der Waals surface area contributed by atoms with E-state index in [1.807, 2.05) is 0 Å². The van der Waals surface area contributed by atoms with Crippen LogP contribution in [0.1, 0.15) is 38.5 Å². The molecule has 1 aliphatic heterocycles. The zero-order valence-electron chi connectivity index (χ0n) is 11.6. The molecule has 5 heteroatoms. The molecule has 19 heavy (non-hydrogen) atoms. The van der Waals surface area contributed by atoms with Crippen LogP contribution in [0.15, 0.2) is 0 Å². The quantitative estimate of drug-likeness (QED) is 0.577. The van der Waals surface area contributed by atoms with Crippen molar-refractivity contribution in [2.75, 3.05) is 20.8 Å². The minimum atomic E-state index is -0.809. The van der Waals surface area contributed by atoms with Gasteiger partial charge in [-0.05, 0) is 31.6 Å². The third-order valence-corrected chi connectivity index (χ3v) is 4.43. The van der Waals surface area contributed by atoms with E-state index in [4.69, 9.17) is 14.2 Å². The molecule has 0 aromatic rings. The van der Waals surface area contributed by atoms with Crippen molar-refractivity contribution in [3.05, 3.63) is 0 Å². The van der Waals surface area contributed by atoms with E-state index in [2.05, 4.69) is 0 Å². The average Bonchev–Trinajstić information content (AvgIpc) is 2.86. The molecule has 1 saturated carbocycles. The van der Waals surface area contributed by atoms with Gasteiger partial charge in [-0.3, -0.25) is 9.59 Å². The maximum atomic E-state index is 11.9. The van der Waals surface area contributed by atoms with Gasteiger partial charge in [-0.25, -0.2) is 0 Å². The van der Waals surface area contributed by atoms with Crippen LogP contribution < -0.4 is 0 Å². The first-order chi connectivity index (χ1) is 9.12. The summed E-state index contributed by atoms with van der Waals surface area (Å²) in [4.78, 5) is 23.7. The Kier molecular flexibility index (Phi) is 4.45. The smallest absolute Gasteiger partial charge is 0.320 e. The first-order valence-electron chi connectivity index (χ1n) is 6.91. The van der Waals surface area contributed by atoms with E-state index in [1.54, 1.807) is 0 Å². The highest BCUT2D eigenvalue weighted by Crippen LogP contribution is 2.44. The number of hydrogen-bond donors (Lipinski definition) is 0. The molecule has 2 aliphatic rings. The van der Waals surface area contributed by atoms with E-state index < -0.39 is 17.9 Å². The summed E-state index contributed by atoms with van der Waals surface area (Å²) in [5.74, 6) is -1.83. The Bertz CT molecular complexity index is 330. The van der Waals surface area contributed by atoms with Gasteiger partial charge in [-0.2, -0.15) is 0 Å². The van der Waals surface area contributed by atoms with Crippen LogP contribution in [0, 0.1) is 11.8 Å². The van der Waals surface area contributed by atoms with Crippen LogP contribution in [0.5, 0.6) is 0 Å². The number of ether oxygens (including phenoxy) is 3. The monoisotopic (exact) mass is 270 g/mol. The van der Waals surface area contributed by atoms with Crippen LogP contribution in [-0.4, -0.2) is 38.4 Å². The van der Waals surface area contributed by atoms with E-state index in [0.29, 0.717) is 13.0 Å². The lowest BCUT2D eigenvalue weighted by Gasteiger charge is -2.39. The Labute approximate surface area is 113 Å². The molecule has 0 bridgehead atoms. The molecule has 0 aromatic carbocycles. The Morgan fingerprint density at radius 2 is 1.74 bits per heavy atom. The van der Waals surface area contributed by atoms with Crippen LogP contribution >= 0.6 is 0 Å². The van der Waals surface area contributed by atoms with Crippen molar-refractivity contribution >= 4 is 11.9 Å². The van der Waals surface area contributed by atoms with Gasteiger partial charge in [0.05, 0.1) is 19.8 Å². The second-order valence-electron chi connectivity index (χ2n) is 5.52. The highest BCUT2D eigenvalue weighted by Gasteiger charge is 2.46. The Balaban J connectivity index is 2.12. The summed E-state index contributed by atoms with van der Waals surface area (Å²) in [6.07, 6.45) is 5.83. The summed E-state index contributed by atoms with van der Waals surface area (Å²) in [6, 6.07) is 0. The largest absolute Gasteiger partial charge is 0.468 e. The second kappa shape index (κ2) is 5.90. The molecule has 1 unspecified atom stereocenters. The first kappa shape index (κ1) is 14.3. The van der Waals surface area contributed by atoms with Crippen molar-refractivity contribution in [1.82, 2.24) is 0 Å². The lowest BCUT2D eigenvalue weighted by Crippen LogP contribution is -2.44. The molecule has 0 N–H and O–H groups in total. The predicted octanol–water partition coefficient (Wildman–Crippen LogP) is 1.69. The van der Waals surface area contributed by atoms with Crippen molar-refractivity contribution in [2.45, 2.75) is 44.1 Å². The zero-order chi connectivity index (χ0) is 13.9. The van der Waals surface area contributed by atoms with Crippen LogP contribution in [-0.2, 0) is 23.8 Å². The number of methoxy groups -OCH3 is 2. The van der Waals surface area contributed by atoms with E-state index in [1.165, 1.54) is 14.2 Å². The van der Waals surface area contributed by atoms with Crippen LogP contribution in [0.4, 0.5) is 0 Å². The minimum absolute atomic E-state index is 0.0354.